The number of likely N-dealkylation sites (N-methyl/N-ethyl adjacent to an activating group) is 1. The Bertz CT molecular complexity index is 524. The fraction of sp³-hybridized carbons (Fsp3) is 0.583. The molecule has 0 aliphatic rings. The number of hydrogen-bond donors (Lipinski definition) is 1. The lowest BCUT2D eigenvalue weighted by Gasteiger charge is -2.34. The Kier molecular flexibility index (Phi) is 4.54. The summed E-state index contributed by atoms with van der Waals surface area (Å²) in [5.41, 5.74) is -0.463. The predicted octanol–water partition coefficient (Wildman–Crippen LogP) is 0.539. The smallest absolute Gasteiger partial charge is 0.244 e. The Hall–Kier alpha value is -1.18. The van der Waals surface area contributed by atoms with Crippen LogP contribution in [0.25, 0.3) is 0 Å². The molecule has 1 heterocycles. The third kappa shape index (κ3) is 3.23. The maximum atomic E-state index is 11.9. The number of aliphatic hydroxyl groups is 1. The fourth-order valence-electron chi connectivity index (χ4n) is 1.35. The van der Waals surface area contributed by atoms with Crippen molar-refractivity contribution in [1.29, 1.82) is 0 Å². The van der Waals surface area contributed by atoms with E-state index in [0.717, 1.165) is 4.31 Å². The number of pyridine rings is 1. The van der Waals surface area contributed by atoms with Gasteiger partial charge in [-0.05, 0) is 26.0 Å². The molecule has 0 atom stereocenters. The summed E-state index contributed by atoms with van der Waals surface area (Å²) in [5, 5.41) is 9.31. The van der Waals surface area contributed by atoms with Crippen molar-refractivity contribution in [3.8, 4) is 0 Å². The molecule has 1 aromatic rings. The van der Waals surface area contributed by atoms with Crippen molar-refractivity contribution >= 4 is 15.8 Å². The summed E-state index contributed by atoms with van der Waals surface area (Å²) < 4.78 is 24.9. The van der Waals surface area contributed by atoms with Gasteiger partial charge >= 0.3 is 0 Å². The van der Waals surface area contributed by atoms with E-state index in [0.29, 0.717) is 5.82 Å². The van der Waals surface area contributed by atoms with Crippen molar-refractivity contribution in [2.75, 3.05) is 32.6 Å². The topological polar surface area (TPSA) is 73.7 Å². The van der Waals surface area contributed by atoms with E-state index in [2.05, 4.69) is 4.98 Å². The summed E-state index contributed by atoms with van der Waals surface area (Å²) in [6.45, 7) is 3.72. The maximum Gasteiger partial charge on any atom is 0.244 e. The van der Waals surface area contributed by atoms with Gasteiger partial charge in [0.25, 0.3) is 0 Å². The van der Waals surface area contributed by atoms with Crippen LogP contribution in [0.4, 0.5) is 5.82 Å². The molecule has 1 aromatic heterocycles. The van der Waals surface area contributed by atoms with Crippen molar-refractivity contribution in [3.63, 3.8) is 0 Å². The normalized spacial score (nSPS) is 12.8. The molecule has 7 heteroatoms. The van der Waals surface area contributed by atoms with Gasteiger partial charge in [-0.2, -0.15) is 0 Å². The zero-order chi connectivity index (χ0) is 14.8. The van der Waals surface area contributed by atoms with Crippen LogP contribution in [0, 0.1) is 0 Å². The summed E-state index contributed by atoms with van der Waals surface area (Å²) in [6.07, 6.45) is 1.33. The highest BCUT2D eigenvalue weighted by molar-refractivity contribution is 7.89. The van der Waals surface area contributed by atoms with Crippen LogP contribution in [-0.2, 0) is 10.0 Å². The Morgan fingerprint density at radius 3 is 2.21 bits per heavy atom. The number of sulfonamides is 1. The van der Waals surface area contributed by atoms with Crippen molar-refractivity contribution in [2.45, 2.75) is 24.3 Å². The van der Waals surface area contributed by atoms with Crippen LogP contribution >= 0.6 is 0 Å². The van der Waals surface area contributed by atoms with Gasteiger partial charge in [-0.25, -0.2) is 17.7 Å². The van der Waals surface area contributed by atoms with Crippen molar-refractivity contribution in [2.24, 2.45) is 0 Å². The summed E-state index contributed by atoms with van der Waals surface area (Å²) in [7, 11) is 1.30. The number of nitrogens with zero attached hydrogens (tertiary/aromatic N) is 3. The lowest BCUT2D eigenvalue weighted by molar-refractivity contribution is 0.215. The zero-order valence-corrected chi connectivity index (χ0v) is 12.8. The van der Waals surface area contributed by atoms with Gasteiger partial charge in [0.15, 0.2) is 0 Å². The SMILES string of the molecule is CN(c1ccc(S(=O)(=O)N(C)C)cn1)C(C)(C)CO. The second-order valence-electron chi connectivity index (χ2n) is 5.17. The molecule has 0 spiro atoms. The minimum absolute atomic E-state index is 0.0249. The average molecular weight is 287 g/mol. The third-order valence-corrected chi connectivity index (χ3v) is 4.94. The third-order valence-electron chi connectivity index (χ3n) is 3.14. The van der Waals surface area contributed by atoms with Crippen LogP contribution in [0.5, 0.6) is 0 Å². The molecule has 0 amide bonds. The number of anilines is 1. The van der Waals surface area contributed by atoms with E-state index in [-0.39, 0.29) is 11.5 Å². The van der Waals surface area contributed by atoms with Crippen molar-refractivity contribution < 1.29 is 13.5 Å². The fourth-order valence-corrected chi connectivity index (χ4v) is 2.20. The van der Waals surface area contributed by atoms with Crippen LogP contribution in [0.15, 0.2) is 23.2 Å². The molecule has 0 fully saturated rings. The Morgan fingerprint density at radius 2 is 1.84 bits per heavy atom. The van der Waals surface area contributed by atoms with Gasteiger partial charge in [-0.15, -0.1) is 0 Å². The first-order valence-electron chi connectivity index (χ1n) is 5.86. The largest absolute Gasteiger partial charge is 0.394 e. The van der Waals surface area contributed by atoms with Crippen LogP contribution in [0.1, 0.15) is 13.8 Å². The monoisotopic (exact) mass is 287 g/mol. The molecule has 0 aromatic carbocycles. The van der Waals surface area contributed by atoms with E-state index >= 15 is 0 Å². The van der Waals surface area contributed by atoms with E-state index in [1.807, 2.05) is 13.8 Å². The second kappa shape index (κ2) is 5.44. The Morgan fingerprint density at radius 1 is 1.26 bits per heavy atom. The summed E-state index contributed by atoms with van der Waals surface area (Å²) >= 11 is 0. The lowest BCUT2D eigenvalue weighted by Crippen LogP contribution is -2.44. The maximum absolute atomic E-state index is 11.9. The van der Waals surface area contributed by atoms with Gasteiger partial charge in [-0.3, -0.25) is 0 Å². The van der Waals surface area contributed by atoms with Crippen molar-refractivity contribution in [1.82, 2.24) is 9.29 Å². The van der Waals surface area contributed by atoms with Gasteiger partial charge < -0.3 is 10.0 Å². The molecule has 0 unspecified atom stereocenters. The van der Waals surface area contributed by atoms with E-state index in [1.54, 1.807) is 18.0 Å². The molecule has 0 saturated heterocycles. The number of hydrogen-bond acceptors (Lipinski definition) is 5. The summed E-state index contributed by atoms with van der Waals surface area (Å²) in [6, 6.07) is 3.15. The van der Waals surface area contributed by atoms with Gasteiger partial charge in [-0.1, -0.05) is 0 Å². The van der Waals surface area contributed by atoms with Crippen molar-refractivity contribution in [3.05, 3.63) is 18.3 Å². The predicted molar refractivity (Wildman–Crippen MR) is 74.7 cm³/mol. The van der Waals surface area contributed by atoms with Gasteiger partial charge in [0.2, 0.25) is 10.0 Å². The van der Waals surface area contributed by atoms with E-state index < -0.39 is 15.6 Å². The zero-order valence-electron chi connectivity index (χ0n) is 12.0. The van der Waals surface area contributed by atoms with E-state index in [4.69, 9.17) is 0 Å². The molecule has 0 aliphatic heterocycles. The molecule has 0 bridgehead atoms. The number of rotatable bonds is 5. The molecule has 0 radical (unpaired) electrons. The minimum Gasteiger partial charge on any atom is -0.394 e. The van der Waals surface area contributed by atoms with E-state index in [9.17, 15) is 13.5 Å². The Labute approximate surface area is 114 Å². The number of aliphatic hydroxyl groups excluding tert-OH is 1. The van der Waals surface area contributed by atoms with Crippen LogP contribution < -0.4 is 4.90 Å². The highest BCUT2D eigenvalue weighted by atomic mass is 32.2. The van der Waals surface area contributed by atoms with Gasteiger partial charge in [0, 0.05) is 27.3 Å². The molecule has 19 heavy (non-hydrogen) atoms. The Balaban J connectivity index is 3.08. The molecule has 1 rings (SSSR count). The first-order valence-corrected chi connectivity index (χ1v) is 7.30. The van der Waals surface area contributed by atoms with Crippen LogP contribution in [0.2, 0.25) is 0 Å². The highest BCUT2D eigenvalue weighted by Gasteiger charge is 2.24. The minimum atomic E-state index is -3.46. The molecular formula is C12H21N3O3S. The first-order chi connectivity index (χ1) is 8.63. The molecule has 6 nitrogen and oxygen atoms in total. The second-order valence-corrected chi connectivity index (χ2v) is 7.32. The summed E-state index contributed by atoms with van der Waals surface area (Å²) in [4.78, 5) is 6.10. The molecule has 0 saturated carbocycles. The first kappa shape index (κ1) is 15.9. The van der Waals surface area contributed by atoms with Crippen LogP contribution in [-0.4, -0.2) is 56.1 Å². The van der Waals surface area contributed by atoms with Gasteiger partial charge in [0.05, 0.1) is 12.1 Å². The molecule has 108 valence electrons. The molecule has 0 aliphatic carbocycles. The quantitative estimate of drug-likeness (QED) is 0.855. The number of aromatic nitrogens is 1. The van der Waals surface area contributed by atoms with Crippen LogP contribution in [0.3, 0.4) is 0 Å². The molecular weight excluding hydrogens is 266 g/mol. The average Bonchev–Trinajstić information content (AvgIpc) is 2.37. The van der Waals surface area contributed by atoms with Gasteiger partial charge in [0.1, 0.15) is 10.7 Å². The molecule has 1 N–H and O–H groups in total. The van der Waals surface area contributed by atoms with E-state index in [1.165, 1.54) is 26.4 Å². The summed E-state index contributed by atoms with van der Waals surface area (Å²) in [5.74, 6) is 0.608. The highest BCUT2D eigenvalue weighted by Crippen LogP contribution is 2.21. The lowest BCUT2D eigenvalue weighted by atomic mass is 10.1. The standard InChI is InChI=1S/C12H21N3O3S/c1-12(2,9-16)15(5)11-7-6-10(8-13-11)19(17,18)14(3)4/h6-8,16H,9H2,1-5H3.